The van der Waals surface area contributed by atoms with Gasteiger partial charge >= 0.3 is 5.97 Å². The Morgan fingerprint density at radius 3 is 2.88 bits per heavy atom. The van der Waals surface area contributed by atoms with Gasteiger partial charge in [0.2, 0.25) is 0 Å². The van der Waals surface area contributed by atoms with Crippen molar-refractivity contribution in [3.05, 3.63) is 24.2 Å². The van der Waals surface area contributed by atoms with E-state index >= 15 is 0 Å². The van der Waals surface area contributed by atoms with Crippen LogP contribution in [-0.2, 0) is 13.6 Å². The van der Waals surface area contributed by atoms with Crippen LogP contribution in [-0.4, -0.2) is 30.4 Å². The minimum atomic E-state index is -0.990. The van der Waals surface area contributed by atoms with Gasteiger partial charge in [0.25, 0.3) is 0 Å². The van der Waals surface area contributed by atoms with Gasteiger partial charge in [-0.25, -0.2) is 9.78 Å². The van der Waals surface area contributed by atoms with Gasteiger partial charge in [-0.15, -0.1) is 0 Å². The molecule has 0 saturated heterocycles. The van der Waals surface area contributed by atoms with Crippen LogP contribution in [0.4, 0.5) is 0 Å². The van der Waals surface area contributed by atoms with Crippen LogP contribution in [0.3, 0.4) is 0 Å². The average Bonchev–Trinajstić information content (AvgIpc) is 2.82. The Labute approximate surface area is 92.2 Å². The first-order valence-electron chi connectivity index (χ1n) is 4.92. The molecule has 84 valence electrons. The van der Waals surface area contributed by atoms with Crippen molar-refractivity contribution in [3.8, 4) is 11.5 Å². The molecule has 6 nitrogen and oxygen atoms in total. The molecule has 16 heavy (non-hydrogen) atoms. The van der Waals surface area contributed by atoms with Crippen molar-refractivity contribution in [2.45, 2.75) is 13.5 Å². The molecule has 0 spiro atoms. The summed E-state index contributed by atoms with van der Waals surface area (Å²) < 4.78 is 3.25. The lowest BCUT2D eigenvalue weighted by molar-refractivity contribution is 0.0685. The van der Waals surface area contributed by atoms with E-state index in [1.54, 1.807) is 13.2 Å². The van der Waals surface area contributed by atoms with Crippen molar-refractivity contribution in [2.24, 2.45) is 7.05 Å². The average molecular weight is 220 g/mol. The number of hydrogen-bond acceptors (Lipinski definition) is 3. The first-order chi connectivity index (χ1) is 7.63. The van der Waals surface area contributed by atoms with Gasteiger partial charge < -0.3 is 9.67 Å². The SMILES string of the molecule is CCn1ccnc1-c1cc(C(=O)O)n(C)n1. The summed E-state index contributed by atoms with van der Waals surface area (Å²) >= 11 is 0. The maximum atomic E-state index is 10.9. The Kier molecular flexibility index (Phi) is 2.47. The van der Waals surface area contributed by atoms with E-state index in [1.165, 1.54) is 10.7 Å². The van der Waals surface area contributed by atoms with E-state index < -0.39 is 5.97 Å². The van der Waals surface area contributed by atoms with Gasteiger partial charge in [-0.05, 0) is 6.92 Å². The second kappa shape index (κ2) is 3.80. The molecular formula is C10H12N4O2. The van der Waals surface area contributed by atoms with Crippen LogP contribution in [0.15, 0.2) is 18.5 Å². The molecule has 2 rings (SSSR count). The predicted molar refractivity (Wildman–Crippen MR) is 57.1 cm³/mol. The third-order valence-electron chi connectivity index (χ3n) is 2.38. The second-order valence-corrected chi connectivity index (χ2v) is 3.38. The molecule has 2 aromatic heterocycles. The number of carboxylic acid groups (broad SMARTS) is 1. The van der Waals surface area contributed by atoms with Crippen LogP contribution in [0, 0.1) is 0 Å². The molecule has 1 N–H and O–H groups in total. The zero-order chi connectivity index (χ0) is 11.7. The minimum absolute atomic E-state index is 0.153. The van der Waals surface area contributed by atoms with Crippen molar-refractivity contribution in [3.63, 3.8) is 0 Å². The number of hydrogen-bond donors (Lipinski definition) is 1. The van der Waals surface area contributed by atoms with Gasteiger partial charge in [-0.2, -0.15) is 5.10 Å². The van der Waals surface area contributed by atoms with Crippen LogP contribution < -0.4 is 0 Å². The number of imidazole rings is 1. The zero-order valence-corrected chi connectivity index (χ0v) is 9.08. The maximum absolute atomic E-state index is 10.9. The molecule has 0 aliphatic carbocycles. The Morgan fingerprint density at radius 2 is 2.31 bits per heavy atom. The molecule has 0 saturated carbocycles. The standard InChI is InChI=1S/C10H12N4O2/c1-3-14-5-4-11-9(14)7-6-8(10(15)16)13(2)12-7/h4-6H,3H2,1-2H3,(H,15,16). The summed E-state index contributed by atoms with van der Waals surface area (Å²) in [5, 5.41) is 13.1. The summed E-state index contributed by atoms with van der Waals surface area (Å²) in [4.78, 5) is 15.0. The van der Waals surface area contributed by atoms with Crippen molar-refractivity contribution >= 4 is 5.97 Å². The molecule has 2 heterocycles. The Balaban J connectivity index is 2.49. The molecule has 0 aliphatic rings. The summed E-state index contributed by atoms with van der Waals surface area (Å²) in [5.41, 5.74) is 0.729. The van der Waals surface area contributed by atoms with Gasteiger partial charge in [0.05, 0.1) is 0 Å². The van der Waals surface area contributed by atoms with Crippen LogP contribution >= 0.6 is 0 Å². The van der Waals surface area contributed by atoms with E-state index in [4.69, 9.17) is 5.11 Å². The zero-order valence-electron chi connectivity index (χ0n) is 9.08. The van der Waals surface area contributed by atoms with Crippen LogP contribution in [0.5, 0.6) is 0 Å². The van der Waals surface area contributed by atoms with Crippen LogP contribution in [0.25, 0.3) is 11.5 Å². The highest BCUT2D eigenvalue weighted by molar-refractivity contribution is 5.86. The molecule has 0 fully saturated rings. The number of aryl methyl sites for hydroxylation is 2. The summed E-state index contributed by atoms with van der Waals surface area (Å²) in [5.74, 6) is -0.304. The van der Waals surface area contributed by atoms with Crippen molar-refractivity contribution < 1.29 is 9.90 Å². The number of aromatic carboxylic acids is 1. The fourth-order valence-corrected chi connectivity index (χ4v) is 1.57. The number of aromatic nitrogens is 4. The number of rotatable bonds is 3. The normalized spacial score (nSPS) is 10.6. The highest BCUT2D eigenvalue weighted by Crippen LogP contribution is 2.16. The third kappa shape index (κ3) is 1.58. The van der Waals surface area contributed by atoms with Crippen molar-refractivity contribution in [2.75, 3.05) is 0 Å². The molecule has 0 aliphatic heterocycles. The van der Waals surface area contributed by atoms with E-state index in [0.29, 0.717) is 11.5 Å². The van der Waals surface area contributed by atoms with E-state index in [2.05, 4.69) is 10.1 Å². The quantitative estimate of drug-likeness (QED) is 0.837. The highest BCUT2D eigenvalue weighted by atomic mass is 16.4. The Hall–Kier alpha value is -2.11. The molecule has 0 amide bonds. The molecule has 2 aromatic rings. The topological polar surface area (TPSA) is 72.9 Å². The largest absolute Gasteiger partial charge is 0.477 e. The fourth-order valence-electron chi connectivity index (χ4n) is 1.57. The molecule has 0 unspecified atom stereocenters. The maximum Gasteiger partial charge on any atom is 0.354 e. The van der Waals surface area contributed by atoms with Crippen LogP contribution in [0.1, 0.15) is 17.4 Å². The summed E-state index contributed by atoms with van der Waals surface area (Å²) in [6.07, 6.45) is 3.51. The number of nitrogens with zero attached hydrogens (tertiary/aromatic N) is 4. The van der Waals surface area contributed by atoms with Crippen LogP contribution in [0.2, 0.25) is 0 Å². The van der Waals surface area contributed by atoms with E-state index in [1.807, 2.05) is 17.7 Å². The molecule has 0 aromatic carbocycles. The molecule has 0 bridgehead atoms. The van der Waals surface area contributed by atoms with E-state index in [-0.39, 0.29) is 5.69 Å². The highest BCUT2D eigenvalue weighted by Gasteiger charge is 2.15. The first kappa shape index (κ1) is 10.4. The Morgan fingerprint density at radius 1 is 1.56 bits per heavy atom. The van der Waals surface area contributed by atoms with Gasteiger partial charge in [0.1, 0.15) is 11.4 Å². The van der Waals surface area contributed by atoms with E-state index in [9.17, 15) is 4.79 Å². The second-order valence-electron chi connectivity index (χ2n) is 3.38. The predicted octanol–water partition coefficient (Wildman–Crippen LogP) is 1.00. The fraction of sp³-hybridized carbons (Fsp3) is 0.300. The lowest BCUT2D eigenvalue weighted by Crippen LogP contribution is -2.04. The van der Waals surface area contributed by atoms with Gasteiger partial charge in [0, 0.05) is 32.1 Å². The summed E-state index contributed by atoms with van der Waals surface area (Å²) in [6.45, 7) is 2.76. The molecule has 0 atom stereocenters. The third-order valence-corrected chi connectivity index (χ3v) is 2.38. The van der Waals surface area contributed by atoms with E-state index in [0.717, 1.165) is 6.54 Å². The minimum Gasteiger partial charge on any atom is -0.477 e. The lowest BCUT2D eigenvalue weighted by atomic mass is 10.3. The smallest absolute Gasteiger partial charge is 0.354 e. The Bertz CT molecular complexity index is 527. The summed E-state index contributed by atoms with van der Waals surface area (Å²) in [7, 11) is 1.60. The molecule has 0 radical (unpaired) electrons. The molecular weight excluding hydrogens is 208 g/mol. The lowest BCUT2D eigenvalue weighted by Gasteiger charge is -2.00. The molecule has 6 heteroatoms. The van der Waals surface area contributed by atoms with Gasteiger partial charge in [0.15, 0.2) is 5.82 Å². The van der Waals surface area contributed by atoms with Crippen molar-refractivity contribution in [1.82, 2.24) is 19.3 Å². The van der Waals surface area contributed by atoms with Crippen molar-refractivity contribution in [1.29, 1.82) is 0 Å². The monoisotopic (exact) mass is 220 g/mol. The first-order valence-corrected chi connectivity index (χ1v) is 4.92. The summed E-state index contributed by atoms with van der Waals surface area (Å²) in [6, 6.07) is 1.52. The van der Waals surface area contributed by atoms with Gasteiger partial charge in [-0.1, -0.05) is 0 Å². The van der Waals surface area contributed by atoms with Gasteiger partial charge in [-0.3, -0.25) is 4.68 Å². The number of carboxylic acids is 1. The number of carbonyl (C=O) groups is 1.